The van der Waals surface area contributed by atoms with Crippen LogP contribution >= 0.6 is 22.7 Å². The molecule has 8 heteroatoms. The normalized spacial score (nSPS) is 10.7. The Kier molecular flexibility index (Phi) is 5.81. The van der Waals surface area contributed by atoms with Crippen LogP contribution in [-0.2, 0) is 11.8 Å². The third kappa shape index (κ3) is 3.79. The van der Waals surface area contributed by atoms with Gasteiger partial charge in [0.15, 0.2) is 0 Å². The fourth-order valence-corrected chi connectivity index (χ4v) is 4.52. The van der Waals surface area contributed by atoms with E-state index in [0.717, 1.165) is 22.5 Å². The second-order valence-corrected chi connectivity index (χ2v) is 8.08. The van der Waals surface area contributed by atoms with Crippen LogP contribution in [0.5, 0.6) is 0 Å². The van der Waals surface area contributed by atoms with Crippen molar-refractivity contribution < 1.29 is 14.3 Å². The number of rotatable bonds is 5. The van der Waals surface area contributed by atoms with Gasteiger partial charge in [-0.2, -0.15) is 0 Å². The third-order valence-corrected chi connectivity index (χ3v) is 6.39. The van der Waals surface area contributed by atoms with Crippen LogP contribution in [0.3, 0.4) is 0 Å². The van der Waals surface area contributed by atoms with E-state index < -0.39 is 11.9 Å². The number of nitrogens with one attached hydrogen (secondary N) is 1. The highest BCUT2D eigenvalue weighted by Gasteiger charge is 2.24. The topological polar surface area (TPSA) is 77.4 Å². The smallest absolute Gasteiger partial charge is 0.341 e. The number of hydrogen-bond acceptors (Lipinski definition) is 6. The molecule has 2 aromatic heterocycles. The number of esters is 1. The van der Waals surface area contributed by atoms with E-state index in [4.69, 9.17) is 4.74 Å². The molecule has 0 radical (unpaired) electrons. The van der Waals surface area contributed by atoms with E-state index in [2.05, 4.69) is 5.32 Å². The number of aromatic nitrogens is 1. The Labute approximate surface area is 170 Å². The van der Waals surface area contributed by atoms with Gasteiger partial charge in [-0.3, -0.25) is 9.59 Å². The predicted molar refractivity (Wildman–Crippen MR) is 113 cm³/mol. The molecule has 28 heavy (non-hydrogen) atoms. The fourth-order valence-electron chi connectivity index (χ4n) is 2.69. The number of aryl methyl sites for hydroxylation is 1. The van der Waals surface area contributed by atoms with Crippen molar-refractivity contribution in [3.63, 3.8) is 0 Å². The molecule has 0 spiro atoms. The van der Waals surface area contributed by atoms with Gasteiger partial charge in [-0.15, -0.1) is 11.3 Å². The first-order chi connectivity index (χ1) is 13.3. The van der Waals surface area contributed by atoms with Crippen LogP contribution < -0.4 is 10.2 Å². The van der Waals surface area contributed by atoms with Crippen molar-refractivity contribution in [3.8, 4) is 11.1 Å². The molecule has 0 aliphatic heterocycles. The number of hydrogen-bond donors (Lipinski definition) is 1. The van der Waals surface area contributed by atoms with Crippen molar-refractivity contribution in [3.05, 3.63) is 61.0 Å². The second kappa shape index (κ2) is 8.12. The molecular formula is C20H20N2O4S2. The molecule has 0 saturated heterocycles. The standard InChI is InChI=1S/C20H20N2O4S2/c1-5-26-19(24)15-14(13-8-6-11(2)7-9-13)10-27-18(15)21-17(23)16-12(3)22(4)20(25)28-16/h6-10H,5H2,1-4H3,(H,21,23). The summed E-state index contributed by atoms with van der Waals surface area (Å²) >= 11 is 2.14. The number of benzene rings is 1. The zero-order chi connectivity index (χ0) is 20.4. The minimum absolute atomic E-state index is 0.209. The predicted octanol–water partition coefficient (Wildman–Crippen LogP) is 4.22. The lowest BCUT2D eigenvalue weighted by molar-refractivity contribution is 0.0529. The van der Waals surface area contributed by atoms with Crippen molar-refractivity contribution in [1.29, 1.82) is 0 Å². The summed E-state index contributed by atoms with van der Waals surface area (Å²) in [7, 11) is 1.62. The Balaban J connectivity index is 2.02. The van der Waals surface area contributed by atoms with Crippen LogP contribution in [0.25, 0.3) is 11.1 Å². The number of carbonyl (C=O) groups is 2. The monoisotopic (exact) mass is 416 g/mol. The molecule has 1 aromatic carbocycles. The molecule has 0 unspecified atom stereocenters. The molecule has 3 aromatic rings. The summed E-state index contributed by atoms with van der Waals surface area (Å²) in [4.78, 5) is 37.3. The molecule has 0 fully saturated rings. The van der Waals surface area contributed by atoms with E-state index in [9.17, 15) is 14.4 Å². The van der Waals surface area contributed by atoms with Gasteiger partial charge in [0, 0.05) is 23.7 Å². The Morgan fingerprint density at radius 2 is 1.86 bits per heavy atom. The van der Waals surface area contributed by atoms with Gasteiger partial charge in [-0.05, 0) is 26.3 Å². The number of thiophene rings is 1. The molecule has 0 bridgehead atoms. The van der Waals surface area contributed by atoms with Crippen LogP contribution in [0.4, 0.5) is 5.00 Å². The highest BCUT2D eigenvalue weighted by Crippen LogP contribution is 2.36. The average Bonchev–Trinajstić information content (AvgIpc) is 3.19. The van der Waals surface area contributed by atoms with Gasteiger partial charge >= 0.3 is 10.8 Å². The third-order valence-electron chi connectivity index (χ3n) is 4.36. The van der Waals surface area contributed by atoms with E-state index in [1.54, 1.807) is 20.9 Å². The Morgan fingerprint density at radius 3 is 2.43 bits per heavy atom. The van der Waals surface area contributed by atoms with Crippen LogP contribution in [0.1, 0.15) is 38.2 Å². The fraction of sp³-hybridized carbons (Fsp3) is 0.250. The Hall–Kier alpha value is -2.71. The molecule has 146 valence electrons. The Bertz CT molecular complexity index is 1090. The SMILES string of the molecule is CCOC(=O)c1c(-c2ccc(C)cc2)csc1NC(=O)c1sc(=O)n(C)c1C. The lowest BCUT2D eigenvalue weighted by Gasteiger charge is -2.09. The Morgan fingerprint density at radius 1 is 1.18 bits per heavy atom. The lowest BCUT2D eigenvalue weighted by Crippen LogP contribution is -2.15. The van der Waals surface area contributed by atoms with Gasteiger partial charge in [0.1, 0.15) is 15.4 Å². The minimum Gasteiger partial charge on any atom is -0.462 e. The van der Waals surface area contributed by atoms with Gasteiger partial charge in [-0.1, -0.05) is 41.2 Å². The van der Waals surface area contributed by atoms with Gasteiger partial charge in [0.05, 0.1) is 6.61 Å². The summed E-state index contributed by atoms with van der Waals surface area (Å²) in [6.45, 7) is 5.67. The van der Waals surface area contributed by atoms with E-state index >= 15 is 0 Å². The summed E-state index contributed by atoms with van der Waals surface area (Å²) in [5.41, 5.74) is 3.59. The van der Waals surface area contributed by atoms with Gasteiger partial charge < -0.3 is 14.6 Å². The molecule has 0 saturated carbocycles. The zero-order valence-corrected chi connectivity index (χ0v) is 17.6. The molecule has 6 nitrogen and oxygen atoms in total. The minimum atomic E-state index is -0.493. The first-order valence-electron chi connectivity index (χ1n) is 8.66. The molecule has 2 heterocycles. The summed E-state index contributed by atoms with van der Waals surface area (Å²) in [6.07, 6.45) is 0. The summed E-state index contributed by atoms with van der Waals surface area (Å²) in [5, 5.41) is 5.02. The molecule has 0 aliphatic carbocycles. The van der Waals surface area contributed by atoms with E-state index in [1.807, 2.05) is 36.6 Å². The maximum Gasteiger partial charge on any atom is 0.341 e. The average molecular weight is 417 g/mol. The van der Waals surface area contributed by atoms with E-state index in [0.29, 0.717) is 26.7 Å². The summed E-state index contributed by atoms with van der Waals surface area (Å²) in [5.74, 6) is -0.907. The summed E-state index contributed by atoms with van der Waals surface area (Å²) in [6, 6.07) is 7.79. The summed E-state index contributed by atoms with van der Waals surface area (Å²) < 4.78 is 6.64. The quantitative estimate of drug-likeness (QED) is 0.632. The van der Waals surface area contributed by atoms with Gasteiger partial charge in [0.25, 0.3) is 5.91 Å². The molecule has 1 N–H and O–H groups in total. The largest absolute Gasteiger partial charge is 0.462 e. The van der Waals surface area contributed by atoms with Crippen molar-refractivity contribution in [1.82, 2.24) is 4.57 Å². The molecule has 1 amide bonds. The molecular weight excluding hydrogens is 396 g/mol. The molecule has 3 rings (SSSR count). The van der Waals surface area contributed by atoms with E-state index in [1.165, 1.54) is 15.9 Å². The maximum atomic E-state index is 12.7. The van der Waals surface area contributed by atoms with Crippen LogP contribution in [0.15, 0.2) is 34.4 Å². The lowest BCUT2D eigenvalue weighted by atomic mass is 10.0. The van der Waals surface area contributed by atoms with Crippen LogP contribution in [0, 0.1) is 13.8 Å². The van der Waals surface area contributed by atoms with Crippen LogP contribution in [-0.4, -0.2) is 23.1 Å². The van der Waals surface area contributed by atoms with Crippen molar-refractivity contribution in [2.24, 2.45) is 7.05 Å². The first-order valence-corrected chi connectivity index (χ1v) is 10.4. The highest BCUT2D eigenvalue weighted by atomic mass is 32.1. The van der Waals surface area contributed by atoms with Gasteiger partial charge in [0.2, 0.25) is 0 Å². The number of anilines is 1. The number of nitrogens with zero attached hydrogens (tertiary/aromatic N) is 1. The van der Waals surface area contributed by atoms with Gasteiger partial charge in [-0.25, -0.2) is 4.79 Å². The number of carbonyl (C=O) groups excluding carboxylic acids is 2. The van der Waals surface area contributed by atoms with Crippen LogP contribution in [0.2, 0.25) is 0 Å². The molecule has 0 aliphatic rings. The maximum absolute atomic E-state index is 12.7. The van der Waals surface area contributed by atoms with Crippen molar-refractivity contribution in [2.45, 2.75) is 20.8 Å². The van der Waals surface area contributed by atoms with Crippen molar-refractivity contribution >= 4 is 39.6 Å². The zero-order valence-electron chi connectivity index (χ0n) is 16.0. The number of amides is 1. The number of thiazole rings is 1. The molecule has 0 atom stereocenters. The number of ether oxygens (including phenoxy) is 1. The first kappa shape index (κ1) is 20.0. The second-order valence-electron chi connectivity index (χ2n) is 6.24. The highest BCUT2D eigenvalue weighted by molar-refractivity contribution is 7.15. The van der Waals surface area contributed by atoms with Crippen molar-refractivity contribution in [2.75, 3.05) is 11.9 Å². The van der Waals surface area contributed by atoms with E-state index in [-0.39, 0.29) is 11.5 Å².